The molecule has 0 bridgehead atoms. The van der Waals surface area contributed by atoms with E-state index in [-0.39, 0.29) is 23.6 Å². The van der Waals surface area contributed by atoms with Gasteiger partial charge in [-0.3, -0.25) is 4.72 Å². The third kappa shape index (κ3) is 5.66. The number of urea groups is 1. The van der Waals surface area contributed by atoms with E-state index in [1.54, 1.807) is 31.2 Å². The molecule has 1 aromatic rings. The van der Waals surface area contributed by atoms with Crippen LogP contribution in [0, 0.1) is 5.92 Å². The molecule has 0 saturated heterocycles. The third-order valence-electron chi connectivity index (χ3n) is 2.41. The lowest BCUT2D eigenvalue weighted by molar-refractivity contribution is 0.254. The Balaban J connectivity index is 2.67. The van der Waals surface area contributed by atoms with Crippen LogP contribution < -0.4 is 15.4 Å². The highest BCUT2D eigenvalue weighted by Gasteiger charge is 2.15. The van der Waals surface area contributed by atoms with Gasteiger partial charge in [0.05, 0.1) is 5.75 Å². The second-order valence-electron chi connectivity index (χ2n) is 4.42. The molecule has 0 aliphatic rings. The van der Waals surface area contributed by atoms with Gasteiger partial charge in [0.1, 0.15) is 0 Å². The molecule has 1 aromatic carbocycles. The maximum absolute atomic E-state index is 11.8. The van der Waals surface area contributed by atoms with Gasteiger partial charge in [0.15, 0.2) is 0 Å². The first-order chi connectivity index (χ1) is 9.36. The summed E-state index contributed by atoms with van der Waals surface area (Å²) < 4.78 is 26.1. The van der Waals surface area contributed by atoms with E-state index in [1.807, 2.05) is 0 Å². The molecule has 0 heterocycles. The Morgan fingerprint density at radius 1 is 1.25 bits per heavy atom. The Labute approximate surface area is 123 Å². The lowest BCUT2D eigenvalue weighted by Crippen LogP contribution is -2.24. The number of sulfonamides is 1. The molecule has 6 nitrogen and oxygen atoms in total. The molecule has 8 heteroatoms. The number of nitrogens with one attached hydrogen (secondary N) is 3. The summed E-state index contributed by atoms with van der Waals surface area (Å²) >= 11 is 5.61. The normalized spacial score (nSPS) is 12.6. The van der Waals surface area contributed by atoms with E-state index in [0.29, 0.717) is 11.4 Å². The van der Waals surface area contributed by atoms with Crippen molar-refractivity contribution in [2.24, 2.45) is 5.92 Å². The van der Waals surface area contributed by atoms with E-state index in [2.05, 4.69) is 15.4 Å². The highest BCUT2D eigenvalue weighted by molar-refractivity contribution is 7.92. The number of amides is 2. The van der Waals surface area contributed by atoms with Crippen LogP contribution in [0.4, 0.5) is 16.2 Å². The van der Waals surface area contributed by atoms with Crippen LogP contribution in [0.1, 0.15) is 6.92 Å². The Bertz CT molecular complexity index is 546. The predicted molar refractivity (Wildman–Crippen MR) is 81.8 cm³/mol. The van der Waals surface area contributed by atoms with E-state index in [1.165, 1.54) is 7.05 Å². The van der Waals surface area contributed by atoms with Crippen molar-refractivity contribution in [3.05, 3.63) is 24.3 Å². The Morgan fingerprint density at radius 3 is 2.30 bits per heavy atom. The van der Waals surface area contributed by atoms with Crippen LogP contribution in [0.15, 0.2) is 24.3 Å². The van der Waals surface area contributed by atoms with Crippen molar-refractivity contribution >= 4 is 39.0 Å². The first-order valence-electron chi connectivity index (χ1n) is 6.01. The first-order valence-corrected chi connectivity index (χ1v) is 8.20. The number of benzene rings is 1. The number of halogens is 1. The number of hydrogen-bond donors (Lipinski definition) is 3. The van der Waals surface area contributed by atoms with Crippen LogP contribution in [0.25, 0.3) is 0 Å². The highest BCUT2D eigenvalue weighted by Crippen LogP contribution is 2.16. The number of anilines is 2. The zero-order valence-electron chi connectivity index (χ0n) is 11.3. The summed E-state index contributed by atoms with van der Waals surface area (Å²) in [4.78, 5) is 11.1. The highest BCUT2D eigenvalue weighted by atomic mass is 35.5. The zero-order valence-corrected chi connectivity index (χ0v) is 12.9. The van der Waals surface area contributed by atoms with E-state index in [9.17, 15) is 13.2 Å². The second kappa shape index (κ2) is 7.35. The van der Waals surface area contributed by atoms with Crippen LogP contribution in [0.3, 0.4) is 0 Å². The molecule has 112 valence electrons. The van der Waals surface area contributed by atoms with Crippen molar-refractivity contribution in [2.45, 2.75) is 6.92 Å². The van der Waals surface area contributed by atoms with E-state index in [4.69, 9.17) is 11.6 Å². The van der Waals surface area contributed by atoms with Crippen LogP contribution in [-0.2, 0) is 10.0 Å². The van der Waals surface area contributed by atoms with Gasteiger partial charge in [-0.25, -0.2) is 13.2 Å². The summed E-state index contributed by atoms with van der Waals surface area (Å²) in [6.45, 7) is 1.77. The third-order valence-corrected chi connectivity index (χ3v) is 4.49. The summed E-state index contributed by atoms with van der Waals surface area (Å²) in [6, 6.07) is 6.03. The summed E-state index contributed by atoms with van der Waals surface area (Å²) in [5.41, 5.74) is 1.01. The topological polar surface area (TPSA) is 87.3 Å². The van der Waals surface area contributed by atoms with Gasteiger partial charge in [0, 0.05) is 24.3 Å². The lowest BCUT2D eigenvalue weighted by Gasteiger charge is -2.11. The number of carbonyl (C=O) groups is 1. The smallest absolute Gasteiger partial charge is 0.318 e. The average Bonchev–Trinajstić information content (AvgIpc) is 2.39. The molecule has 1 atom stereocenters. The van der Waals surface area contributed by atoms with Crippen LogP contribution in [-0.4, -0.2) is 33.1 Å². The van der Waals surface area contributed by atoms with E-state index in [0.717, 1.165) is 0 Å². The van der Waals surface area contributed by atoms with Gasteiger partial charge in [-0.2, -0.15) is 0 Å². The van der Waals surface area contributed by atoms with Crippen molar-refractivity contribution in [1.29, 1.82) is 0 Å². The quantitative estimate of drug-likeness (QED) is 0.701. The molecule has 1 unspecified atom stereocenters. The van der Waals surface area contributed by atoms with Crippen molar-refractivity contribution in [3.8, 4) is 0 Å². The predicted octanol–water partition coefficient (Wildman–Crippen LogP) is 2.05. The summed E-state index contributed by atoms with van der Waals surface area (Å²) in [5.74, 6) is 0.133. The maximum atomic E-state index is 11.8. The largest absolute Gasteiger partial charge is 0.341 e. The number of carbonyl (C=O) groups excluding carboxylic acids is 1. The van der Waals surface area contributed by atoms with Crippen LogP contribution >= 0.6 is 11.6 Å². The Morgan fingerprint density at radius 2 is 1.80 bits per heavy atom. The van der Waals surface area contributed by atoms with Gasteiger partial charge in [0.25, 0.3) is 0 Å². The molecule has 1 rings (SSSR count). The Hall–Kier alpha value is -1.47. The van der Waals surface area contributed by atoms with Gasteiger partial charge in [-0.15, -0.1) is 11.6 Å². The molecule has 0 spiro atoms. The molecular weight excluding hydrogens is 302 g/mol. The zero-order chi connectivity index (χ0) is 15.2. The summed E-state index contributed by atoms with van der Waals surface area (Å²) in [5, 5.41) is 5.00. The van der Waals surface area contributed by atoms with Crippen LogP contribution in [0.5, 0.6) is 0 Å². The molecule has 0 saturated carbocycles. The van der Waals surface area contributed by atoms with E-state index >= 15 is 0 Å². The molecular formula is C12H18ClN3O3S. The van der Waals surface area contributed by atoms with E-state index < -0.39 is 10.0 Å². The molecule has 0 aliphatic heterocycles. The van der Waals surface area contributed by atoms with Crippen molar-refractivity contribution in [2.75, 3.05) is 28.7 Å². The lowest BCUT2D eigenvalue weighted by atomic mass is 10.3. The molecule has 2 amide bonds. The van der Waals surface area contributed by atoms with Crippen molar-refractivity contribution < 1.29 is 13.2 Å². The van der Waals surface area contributed by atoms with Gasteiger partial charge in [0.2, 0.25) is 10.0 Å². The average molecular weight is 320 g/mol. The number of hydrogen-bond acceptors (Lipinski definition) is 3. The SMILES string of the molecule is CNC(=O)Nc1ccc(NS(=O)(=O)CC(C)CCl)cc1. The van der Waals surface area contributed by atoms with Gasteiger partial charge in [-0.1, -0.05) is 6.92 Å². The number of rotatable bonds is 6. The van der Waals surface area contributed by atoms with Crippen molar-refractivity contribution in [3.63, 3.8) is 0 Å². The maximum Gasteiger partial charge on any atom is 0.318 e. The Kier molecular flexibility index (Phi) is 6.09. The summed E-state index contributed by atoms with van der Waals surface area (Å²) in [6.07, 6.45) is 0. The van der Waals surface area contributed by atoms with Gasteiger partial charge < -0.3 is 10.6 Å². The monoisotopic (exact) mass is 319 g/mol. The molecule has 0 radical (unpaired) electrons. The fourth-order valence-corrected chi connectivity index (χ4v) is 3.14. The fraction of sp³-hybridized carbons (Fsp3) is 0.417. The second-order valence-corrected chi connectivity index (χ2v) is 6.50. The minimum absolute atomic E-state index is 0.0330. The fourth-order valence-electron chi connectivity index (χ4n) is 1.46. The molecule has 3 N–H and O–H groups in total. The first kappa shape index (κ1) is 16.6. The van der Waals surface area contributed by atoms with Crippen LogP contribution in [0.2, 0.25) is 0 Å². The van der Waals surface area contributed by atoms with Crippen molar-refractivity contribution in [1.82, 2.24) is 5.32 Å². The van der Waals surface area contributed by atoms with Gasteiger partial charge >= 0.3 is 6.03 Å². The minimum atomic E-state index is -3.42. The molecule has 0 aromatic heterocycles. The number of alkyl halides is 1. The standard InChI is InChI=1S/C12H18ClN3O3S/c1-9(7-13)8-20(18,19)16-11-5-3-10(4-6-11)15-12(17)14-2/h3-6,9,16H,7-8H2,1-2H3,(H2,14,15,17). The molecule has 20 heavy (non-hydrogen) atoms. The summed E-state index contributed by atoms with van der Waals surface area (Å²) in [7, 11) is -1.91. The molecule has 0 fully saturated rings. The van der Waals surface area contributed by atoms with Gasteiger partial charge in [-0.05, 0) is 30.2 Å². The molecule has 0 aliphatic carbocycles. The minimum Gasteiger partial charge on any atom is -0.341 e.